The van der Waals surface area contributed by atoms with Crippen molar-refractivity contribution in [3.63, 3.8) is 0 Å². The van der Waals surface area contributed by atoms with E-state index in [4.69, 9.17) is 62.3 Å². The highest BCUT2D eigenvalue weighted by molar-refractivity contribution is 5.46. The molecular weight excluding hydrogens is 612 g/mol. The summed E-state index contributed by atoms with van der Waals surface area (Å²) in [6.45, 7) is 3.67. The van der Waals surface area contributed by atoms with Crippen LogP contribution in [0.4, 0.5) is 0 Å². The van der Waals surface area contributed by atoms with Gasteiger partial charge in [0.2, 0.25) is 6.41 Å². The Morgan fingerprint density at radius 3 is 2.07 bits per heavy atom. The molecule has 0 spiro atoms. The lowest BCUT2D eigenvalue weighted by Gasteiger charge is -2.38. The Balaban J connectivity index is 0.000000229. The summed E-state index contributed by atoms with van der Waals surface area (Å²) >= 11 is 0. The number of hydrogen-bond acceptors (Lipinski definition) is 17. The van der Waals surface area contributed by atoms with Crippen molar-refractivity contribution < 1.29 is 59.5 Å². The van der Waals surface area contributed by atoms with Crippen LogP contribution >= 0.6 is 0 Å². The lowest BCUT2D eigenvalue weighted by Crippen LogP contribution is -2.62. The lowest BCUT2D eigenvalue weighted by atomic mass is 9.89. The standard InChI is InChI=1S/C12H22N2O4.C6H14N2O4.C6H13NO3.C4H9NO/c13-8-3-9(14-7-16)5-11(4-8)18-12-2-1-10(6-15)17-12;7-1-2-4(9)5(10)3(8)6(11)12-2;7-3-5-4(8)1-2-6(9)10-5;1-4(6)2-5-3-4/h7-12,15H,1-6,13H2,(H,14,16);2-6,9-11H,1,7-8H2;4-6,8-9H,1-3,7H2;5-6H,2-3H2,1H3/t;2-,3+,4+,5?,6-;4-,5?,6-;/m.00./s1. The summed E-state index contributed by atoms with van der Waals surface area (Å²) in [4.78, 5) is 10.5. The summed E-state index contributed by atoms with van der Waals surface area (Å²) in [5.41, 5.74) is 21.3. The van der Waals surface area contributed by atoms with Gasteiger partial charge in [0.25, 0.3) is 0 Å². The molecule has 1 amide bonds. The highest BCUT2D eigenvalue weighted by Gasteiger charge is 2.41. The molecule has 18 nitrogen and oxygen atoms in total. The summed E-state index contributed by atoms with van der Waals surface area (Å²) in [6, 6.07) is -0.842. The van der Waals surface area contributed by atoms with Crippen LogP contribution in [-0.2, 0) is 23.7 Å². The highest BCUT2D eigenvalue weighted by Crippen LogP contribution is 2.27. The third-order valence-electron chi connectivity index (χ3n) is 8.34. The maximum absolute atomic E-state index is 10.5. The normalized spacial score (nSPS) is 41.6. The molecule has 5 fully saturated rings. The number of carbonyl (C=O) groups is 1. The van der Waals surface area contributed by atoms with E-state index < -0.39 is 43.0 Å². The molecule has 0 aromatic rings. The van der Waals surface area contributed by atoms with Crippen LogP contribution in [0.5, 0.6) is 0 Å². The molecule has 0 aromatic heterocycles. The number of ether oxygens (including phenoxy) is 4. The first-order valence-electron chi connectivity index (χ1n) is 15.9. The van der Waals surface area contributed by atoms with Gasteiger partial charge in [-0.2, -0.15) is 0 Å². The maximum atomic E-state index is 10.5. The van der Waals surface area contributed by atoms with Crippen molar-refractivity contribution in [3.05, 3.63) is 0 Å². The van der Waals surface area contributed by atoms with Crippen molar-refractivity contribution in [1.82, 2.24) is 10.6 Å². The van der Waals surface area contributed by atoms with Crippen LogP contribution in [0.15, 0.2) is 0 Å². The highest BCUT2D eigenvalue weighted by atomic mass is 16.7. The second kappa shape index (κ2) is 20.4. The minimum Gasteiger partial charge on any atom is -0.394 e. The van der Waals surface area contributed by atoms with Crippen LogP contribution < -0.4 is 33.6 Å². The minimum absolute atomic E-state index is 0.0219. The van der Waals surface area contributed by atoms with Crippen LogP contribution in [0.2, 0.25) is 0 Å². The van der Waals surface area contributed by atoms with Crippen LogP contribution in [0, 0.1) is 0 Å². The second-order valence-electron chi connectivity index (χ2n) is 12.6. The van der Waals surface area contributed by atoms with Crippen molar-refractivity contribution >= 4 is 6.41 Å². The van der Waals surface area contributed by atoms with Crippen molar-refractivity contribution in [2.75, 3.05) is 32.8 Å². The molecule has 1 saturated carbocycles. The molecule has 4 saturated heterocycles. The molecule has 0 aromatic carbocycles. The monoisotopic (exact) mass is 670 g/mol. The van der Waals surface area contributed by atoms with Gasteiger partial charge >= 0.3 is 0 Å². The zero-order valence-corrected chi connectivity index (χ0v) is 26.5. The van der Waals surface area contributed by atoms with E-state index >= 15 is 0 Å². The van der Waals surface area contributed by atoms with E-state index in [1.807, 2.05) is 6.92 Å². The number of nitrogens with two attached hydrogens (primary N) is 4. The Morgan fingerprint density at radius 1 is 0.913 bits per heavy atom. The quantitative estimate of drug-likeness (QED) is 0.112. The number of aliphatic hydroxyl groups is 7. The Labute approximate surface area is 269 Å². The molecule has 5 rings (SSSR count). The fourth-order valence-corrected chi connectivity index (χ4v) is 5.50. The Kier molecular flexibility index (Phi) is 18.2. The van der Waals surface area contributed by atoms with Gasteiger partial charge in [-0.3, -0.25) is 4.79 Å². The van der Waals surface area contributed by atoms with Gasteiger partial charge in [0.15, 0.2) is 18.9 Å². The summed E-state index contributed by atoms with van der Waals surface area (Å²) in [5.74, 6) is 0. The zero-order valence-electron chi connectivity index (χ0n) is 26.5. The van der Waals surface area contributed by atoms with E-state index in [2.05, 4.69) is 10.6 Å². The predicted molar refractivity (Wildman–Crippen MR) is 163 cm³/mol. The first kappa shape index (κ1) is 41.0. The van der Waals surface area contributed by atoms with Gasteiger partial charge in [-0.25, -0.2) is 0 Å². The fourth-order valence-electron chi connectivity index (χ4n) is 5.50. The Morgan fingerprint density at radius 2 is 1.57 bits per heavy atom. The largest absolute Gasteiger partial charge is 0.394 e. The first-order chi connectivity index (χ1) is 21.7. The Hall–Kier alpha value is -1.17. The van der Waals surface area contributed by atoms with E-state index in [-0.39, 0.29) is 62.0 Å². The van der Waals surface area contributed by atoms with Gasteiger partial charge in [-0.15, -0.1) is 0 Å². The molecule has 13 atom stereocenters. The van der Waals surface area contributed by atoms with Gasteiger partial charge < -0.3 is 88.3 Å². The van der Waals surface area contributed by atoms with Crippen molar-refractivity contribution in [2.24, 2.45) is 22.9 Å². The van der Waals surface area contributed by atoms with E-state index in [9.17, 15) is 20.1 Å². The molecular formula is C28H58N6O12. The molecule has 0 radical (unpaired) electrons. The number of aliphatic hydroxyl groups excluding tert-OH is 6. The van der Waals surface area contributed by atoms with E-state index in [1.165, 1.54) is 0 Å². The summed E-state index contributed by atoms with van der Waals surface area (Å²) in [6.07, 6.45) is -0.511. The average molecular weight is 671 g/mol. The summed E-state index contributed by atoms with van der Waals surface area (Å²) < 4.78 is 21.2. The van der Waals surface area contributed by atoms with Crippen LogP contribution in [0.3, 0.4) is 0 Å². The maximum Gasteiger partial charge on any atom is 0.207 e. The summed E-state index contributed by atoms with van der Waals surface area (Å²) in [5, 5.41) is 69.3. The molecule has 4 aliphatic heterocycles. The first-order valence-corrected chi connectivity index (χ1v) is 15.9. The third kappa shape index (κ3) is 13.7. The minimum atomic E-state index is -1.27. The number of nitrogens with one attached hydrogen (secondary N) is 2. The molecule has 1 aliphatic carbocycles. The smallest absolute Gasteiger partial charge is 0.207 e. The SMILES string of the molecule is CC1(O)CNC1.NC1CC(NC=O)CC(OC2CCC(CO)O2)C1.NCC1O[C@H](O)CC[C@@H]1O.NC[C@@H]1O[C@H](O)[C@H](N)C(O)[C@@H]1O. The number of rotatable bonds is 7. The topological polar surface area (TPSA) is 324 Å². The number of hydrogen-bond donors (Lipinski definition) is 13. The summed E-state index contributed by atoms with van der Waals surface area (Å²) in [7, 11) is 0. The van der Waals surface area contributed by atoms with Crippen LogP contribution in [-0.4, -0.2) is 160 Å². The van der Waals surface area contributed by atoms with Crippen molar-refractivity contribution in [2.45, 2.75) is 137 Å². The number of amides is 1. The predicted octanol–water partition coefficient (Wildman–Crippen LogP) is -5.65. The lowest BCUT2D eigenvalue weighted by molar-refractivity contribution is -0.238. The average Bonchev–Trinajstić information content (AvgIpc) is 3.46. The van der Waals surface area contributed by atoms with E-state index in [0.29, 0.717) is 19.3 Å². The van der Waals surface area contributed by atoms with Gasteiger partial charge in [0.05, 0.1) is 42.7 Å². The number of carbonyl (C=O) groups excluding carboxylic acids is 1. The van der Waals surface area contributed by atoms with Gasteiger partial charge in [-0.1, -0.05) is 0 Å². The third-order valence-corrected chi connectivity index (χ3v) is 8.34. The zero-order chi connectivity index (χ0) is 34.4. The van der Waals surface area contributed by atoms with Crippen molar-refractivity contribution in [1.29, 1.82) is 0 Å². The molecule has 46 heavy (non-hydrogen) atoms. The molecule has 5 aliphatic rings. The molecule has 17 N–H and O–H groups in total. The van der Waals surface area contributed by atoms with Gasteiger partial charge in [-0.05, 0) is 39.0 Å². The van der Waals surface area contributed by atoms with Crippen LogP contribution in [0.1, 0.15) is 51.9 Å². The second-order valence-corrected chi connectivity index (χ2v) is 12.6. The molecule has 18 heteroatoms. The number of β-amino-alcohol motifs (C(OH)–C–C–N with tert-alkyl or cyclic N) is 1. The van der Waals surface area contributed by atoms with E-state index in [0.717, 1.165) is 45.2 Å². The van der Waals surface area contributed by atoms with Crippen molar-refractivity contribution in [3.8, 4) is 0 Å². The fraction of sp³-hybridized carbons (Fsp3) is 0.964. The van der Waals surface area contributed by atoms with E-state index in [1.54, 1.807) is 0 Å². The Bertz CT molecular complexity index is 842. The molecule has 272 valence electrons. The molecule has 7 unspecified atom stereocenters. The van der Waals surface area contributed by atoms with Crippen LogP contribution in [0.25, 0.3) is 0 Å². The molecule has 4 heterocycles. The molecule has 0 bridgehead atoms. The van der Waals surface area contributed by atoms with Gasteiger partial charge in [0, 0.05) is 51.1 Å². The van der Waals surface area contributed by atoms with Gasteiger partial charge in [0.1, 0.15) is 18.3 Å².